The predicted octanol–water partition coefficient (Wildman–Crippen LogP) is 5.62. The van der Waals surface area contributed by atoms with Gasteiger partial charge in [-0.15, -0.1) is 0 Å². The molecule has 0 aliphatic carbocycles. The molecule has 0 spiro atoms. The van der Waals surface area contributed by atoms with Crippen LogP contribution in [0.3, 0.4) is 0 Å². The standard InChI is InChI=1S/C24H23ClFN3O2/c1-2-30-22-12-17(13-27-14-23-28-20-5-3-4-6-21(20)29-23)11-19(25)24(22)31-15-16-7-9-18(26)10-8-16/h3-12,27H,2,13-15H2,1H3,(H,28,29). The first-order valence-corrected chi connectivity index (χ1v) is 10.5. The van der Waals surface area contributed by atoms with Gasteiger partial charge in [0.2, 0.25) is 0 Å². The smallest absolute Gasteiger partial charge is 0.180 e. The zero-order valence-corrected chi connectivity index (χ0v) is 17.9. The average Bonchev–Trinajstić information content (AvgIpc) is 3.17. The van der Waals surface area contributed by atoms with E-state index >= 15 is 0 Å². The van der Waals surface area contributed by atoms with Crippen molar-refractivity contribution in [3.8, 4) is 11.5 Å². The zero-order chi connectivity index (χ0) is 21.6. The number of imidazole rings is 1. The van der Waals surface area contributed by atoms with Crippen LogP contribution >= 0.6 is 11.6 Å². The van der Waals surface area contributed by atoms with Gasteiger partial charge >= 0.3 is 0 Å². The summed E-state index contributed by atoms with van der Waals surface area (Å²) in [5, 5.41) is 3.84. The van der Waals surface area contributed by atoms with Crippen molar-refractivity contribution in [1.29, 1.82) is 0 Å². The number of nitrogens with zero attached hydrogens (tertiary/aromatic N) is 1. The first-order chi connectivity index (χ1) is 15.1. The van der Waals surface area contributed by atoms with Gasteiger partial charge in [0.1, 0.15) is 18.2 Å². The molecule has 0 aliphatic rings. The molecule has 0 fully saturated rings. The molecule has 1 heterocycles. The Kier molecular flexibility index (Phi) is 6.70. The van der Waals surface area contributed by atoms with Crippen molar-refractivity contribution in [2.75, 3.05) is 6.61 Å². The minimum atomic E-state index is -0.281. The van der Waals surface area contributed by atoms with Crippen LogP contribution < -0.4 is 14.8 Å². The monoisotopic (exact) mass is 439 g/mol. The van der Waals surface area contributed by atoms with Crippen LogP contribution in [0.15, 0.2) is 60.7 Å². The van der Waals surface area contributed by atoms with Gasteiger partial charge in [0.05, 0.1) is 29.2 Å². The second-order valence-corrected chi connectivity index (χ2v) is 7.46. The van der Waals surface area contributed by atoms with Crippen molar-refractivity contribution in [1.82, 2.24) is 15.3 Å². The minimum absolute atomic E-state index is 0.268. The van der Waals surface area contributed by atoms with Gasteiger partial charge in [0.15, 0.2) is 11.5 Å². The SMILES string of the molecule is CCOc1cc(CNCc2nc3ccccc3[nH]2)cc(Cl)c1OCc1ccc(F)cc1. The lowest BCUT2D eigenvalue weighted by Crippen LogP contribution is -2.14. The second-order valence-electron chi connectivity index (χ2n) is 7.06. The molecule has 31 heavy (non-hydrogen) atoms. The van der Waals surface area contributed by atoms with E-state index in [4.69, 9.17) is 21.1 Å². The Bertz CT molecular complexity index is 1130. The summed E-state index contributed by atoms with van der Waals surface area (Å²) < 4.78 is 24.7. The van der Waals surface area contributed by atoms with Crippen molar-refractivity contribution in [2.45, 2.75) is 26.6 Å². The van der Waals surface area contributed by atoms with Crippen LogP contribution in [0.4, 0.5) is 4.39 Å². The number of para-hydroxylation sites is 2. The maximum absolute atomic E-state index is 13.1. The Labute approximate surface area is 185 Å². The number of halogens is 2. The number of rotatable bonds is 9. The molecule has 1 aromatic heterocycles. The van der Waals surface area contributed by atoms with Crippen LogP contribution in [0.2, 0.25) is 5.02 Å². The van der Waals surface area contributed by atoms with Crippen LogP contribution in [0.25, 0.3) is 11.0 Å². The van der Waals surface area contributed by atoms with Gasteiger partial charge in [-0.1, -0.05) is 35.9 Å². The molecule has 0 unspecified atom stereocenters. The van der Waals surface area contributed by atoms with Gasteiger partial charge < -0.3 is 19.8 Å². The van der Waals surface area contributed by atoms with E-state index in [0.29, 0.717) is 36.2 Å². The fourth-order valence-corrected chi connectivity index (χ4v) is 3.57. The van der Waals surface area contributed by atoms with E-state index < -0.39 is 0 Å². The fourth-order valence-electron chi connectivity index (χ4n) is 3.28. The maximum Gasteiger partial charge on any atom is 0.180 e. The summed E-state index contributed by atoms with van der Waals surface area (Å²) in [6, 6.07) is 17.9. The molecular formula is C24H23ClFN3O2. The van der Waals surface area contributed by atoms with Crippen molar-refractivity contribution < 1.29 is 13.9 Å². The van der Waals surface area contributed by atoms with E-state index in [1.165, 1.54) is 12.1 Å². The average molecular weight is 440 g/mol. The van der Waals surface area contributed by atoms with E-state index in [1.54, 1.807) is 12.1 Å². The second kappa shape index (κ2) is 9.81. The van der Waals surface area contributed by atoms with Crippen LogP contribution in [0.1, 0.15) is 23.9 Å². The van der Waals surface area contributed by atoms with E-state index in [1.807, 2.05) is 43.3 Å². The first kappa shape index (κ1) is 21.2. The molecule has 0 radical (unpaired) electrons. The number of aromatic nitrogens is 2. The molecule has 5 nitrogen and oxygen atoms in total. The molecule has 3 aromatic carbocycles. The Morgan fingerprint density at radius 3 is 2.58 bits per heavy atom. The minimum Gasteiger partial charge on any atom is -0.490 e. The molecular weight excluding hydrogens is 417 g/mol. The van der Waals surface area contributed by atoms with Gasteiger partial charge in [0, 0.05) is 6.54 Å². The molecule has 0 saturated heterocycles. The predicted molar refractivity (Wildman–Crippen MR) is 120 cm³/mol. The van der Waals surface area contributed by atoms with Crippen molar-refractivity contribution >= 4 is 22.6 Å². The molecule has 0 bridgehead atoms. The number of ether oxygens (including phenoxy) is 2. The summed E-state index contributed by atoms with van der Waals surface area (Å²) in [7, 11) is 0. The van der Waals surface area contributed by atoms with Gasteiger partial charge in [-0.3, -0.25) is 0 Å². The number of fused-ring (bicyclic) bond motifs is 1. The van der Waals surface area contributed by atoms with Crippen LogP contribution in [-0.4, -0.2) is 16.6 Å². The van der Waals surface area contributed by atoms with E-state index in [0.717, 1.165) is 28.0 Å². The van der Waals surface area contributed by atoms with Crippen molar-refractivity contribution in [3.05, 3.63) is 88.5 Å². The quantitative estimate of drug-likeness (QED) is 0.355. The highest BCUT2D eigenvalue weighted by Gasteiger charge is 2.13. The summed E-state index contributed by atoms with van der Waals surface area (Å²) in [4.78, 5) is 7.87. The lowest BCUT2D eigenvalue weighted by atomic mass is 10.2. The molecule has 0 atom stereocenters. The molecule has 160 valence electrons. The Morgan fingerprint density at radius 2 is 1.81 bits per heavy atom. The van der Waals surface area contributed by atoms with Crippen LogP contribution in [-0.2, 0) is 19.7 Å². The summed E-state index contributed by atoms with van der Waals surface area (Å²) in [6.45, 7) is 3.85. The fraction of sp³-hybridized carbons (Fsp3) is 0.208. The third-order valence-electron chi connectivity index (χ3n) is 4.73. The number of hydrogen-bond acceptors (Lipinski definition) is 4. The highest BCUT2D eigenvalue weighted by Crippen LogP contribution is 2.37. The topological polar surface area (TPSA) is 59.2 Å². The summed E-state index contributed by atoms with van der Waals surface area (Å²) in [5.41, 5.74) is 3.78. The normalized spacial score (nSPS) is 11.1. The summed E-state index contributed by atoms with van der Waals surface area (Å²) in [6.07, 6.45) is 0. The van der Waals surface area contributed by atoms with Gasteiger partial charge in [-0.25, -0.2) is 9.37 Å². The van der Waals surface area contributed by atoms with Crippen molar-refractivity contribution in [2.24, 2.45) is 0 Å². The number of nitrogens with one attached hydrogen (secondary N) is 2. The Hall–Kier alpha value is -3.09. The number of aromatic amines is 1. The van der Waals surface area contributed by atoms with Crippen LogP contribution in [0, 0.1) is 5.82 Å². The van der Waals surface area contributed by atoms with Crippen LogP contribution in [0.5, 0.6) is 11.5 Å². The lowest BCUT2D eigenvalue weighted by Gasteiger charge is -2.15. The Morgan fingerprint density at radius 1 is 1.00 bits per heavy atom. The van der Waals surface area contributed by atoms with E-state index in [9.17, 15) is 4.39 Å². The molecule has 0 aliphatic heterocycles. The summed E-state index contributed by atoms with van der Waals surface area (Å²) in [5.74, 6) is 1.65. The van der Waals surface area contributed by atoms with E-state index in [2.05, 4.69) is 15.3 Å². The Balaban J connectivity index is 1.42. The highest BCUT2D eigenvalue weighted by atomic mass is 35.5. The third-order valence-corrected chi connectivity index (χ3v) is 5.01. The number of benzene rings is 3. The molecule has 0 amide bonds. The van der Waals surface area contributed by atoms with E-state index in [-0.39, 0.29) is 12.4 Å². The molecule has 4 aromatic rings. The van der Waals surface area contributed by atoms with Gasteiger partial charge in [0.25, 0.3) is 0 Å². The maximum atomic E-state index is 13.1. The largest absolute Gasteiger partial charge is 0.490 e. The third kappa shape index (κ3) is 5.34. The first-order valence-electron chi connectivity index (χ1n) is 10.1. The van der Waals surface area contributed by atoms with Gasteiger partial charge in [-0.2, -0.15) is 0 Å². The molecule has 4 rings (SSSR count). The van der Waals surface area contributed by atoms with Gasteiger partial charge in [-0.05, 0) is 54.4 Å². The zero-order valence-electron chi connectivity index (χ0n) is 17.1. The highest BCUT2D eigenvalue weighted by molar-refractivity contribution is 6.32. The number of H-pyrrole nitrogens is 1. The molecule has 7 heteroatoms. The van der Waals surface area contributed by atoms with Crippen molar-refractivity contribution in [3.63, 3.8) is 0 Å². The molecule has 2 N–H and O–H groups in total. The molecule has 0 saturated carbocycles. The summed E-state index contributed by atoms with van der Waals surface area (Å²) >= 11 is 6.50. The lowest BCUT2D eigenvalue weighted by molar-refractivity contribution is 0.269. The number of hydrogen-bond donors (Lipinski definition) is 2.